The molecule has 1 aromatic heterocycles. The van der Waals surface area contributed by atoms with E-state index in [1.807, 2.05) is 17.0 Å². The van der Waals surface area contributed by atoms with Crippen LogP contribution in [0.3, 0.4) is 0 Å². The number of hydrogen-bond donors (Lipinski definition) is 1. The minimum atomic E-state index is -2.61. The van der Waals surface area contributed by atoms with Gasteiger partial charge in [0.1, 0.15) is 5.82 Å². The van der Waals surface area contributed by atoms with Crippen molar-refractivity contribution in [2.75, 3.05) is 41.3 Å². The van der Waals surface area contributed by atoms with Crippen LogP contribution in [0.5, 0.6) is 0 Å². The third kappa shape index (κ3) is 4.60. The fourth-order valence-electron chi connectivity index (χ4n) is 4.76. The first-order valence-electron chi connectivity index (χ1n) is 11.3. The fraction of sp³-hybridized carbons (Fsp3) is 0.500. The van der Waals surface area contributed by atoms with Crippen molar-refractivity contribution in [3.8, 4) is 0 Å². The van der Waals surface area contributed by atoms with E-state index in [1.165, 1.54) is 25.7 Å². The van der Waals surface area contributed by atoms with E-state index < -0.39 is 5.92 Å². The van der Waals surface area contributed by atoms with Crippen LogP contribution in [0.4, 0.5) is 26.0 Å². The number of hydrogen-bond acceptors (Lipinski definition) is 4. The van der Waals surface area contributed by atoms with Gasteiger partial charge in [-0.05, 0) is 61.4 Å². The molecule has 0 atom stereocenters. The number of carbonyl (C=O) groups is 1. The molecule has 0 radical (unpaired) electrons. The summed E-state index contributed by atoms with van der Waals surface area (Å²) in [5.41, 5.74) is 2.85. The number of nitrogens with one attached hydrogen (secondary N) is 1. The van der Waals surface area contributed by atoms with Crippen LogP contribution in [-0.4, -0.2) is 43.0 Å². The molecule has 0 unspecified atom stereocenters. The van der Waals surface area contributed by atoms with E-state index in [4.69, 9.17) is 0 Å². The summed E-state index contributed by atoms with van der Waals surface area (Å²) in [4.78, 5) is 21.6. The van der Waals surface area contributed by atoms with E-state index in [0.29, 0.717) is 16.8 Å². The number of halogens is 3. The summed E-state index contributed by atoms with van der Waals surface area (Å²) in [6.45, 7) is 2.47. The lowest BCUT2D eigenvalue weighted by atomic mass is 9.93. The van der Waals surface area contributed by atoms with Crippen LogP contribution in [0.2, 0.25) is 0 Å². The number of nitrogens with zero attached hydrogens (tertiary/aromatic N) is 3. The third-order valence-corrected chi connectivity index (χ3v) is 7.65. The molecule has 170 valence electrons. The Hall–Kier alpha value is -2.22. The maximum absolute atomic E-state index is 13.5. The monoisotopic (exact) mass is 504 g/mol. The van der Waals surface area contributed by atoms with E-state index in [-0.39, 0.29) is 31.8 Å². The maximum atomic E-state index is 13.5. The molecular formula is C24H27BrF2N4O. The van der Waals surface area contributed by atoms with Gasteiger partial charge in [-0.3, -0.25) is 4.79 Å². The molecule has 3 fully saturated rings. The zero-order valence-corrected chi connectivity index (χ0v) is 19.5. The summed E-state index contributed by atoms with van der Waals surface area (Å²) in [5, 5.41) is 3.06. The molecule has 1 amide bonds. The highest BCUT2D eigenvalue weighted by molar-refractivity contribution is 9.10. The topological polar surface area (TPSA) is 48.5 Å². The Bertz CT molecular complexity index is 1010. The van der Waals surface area contributed by atoms with E-state index in [1.54, 1.807) is 18.3 Å². The smallest absolute Gasteiger partial charge is 0.255 e. The Labute approximate surface area is 195 Å². The number of amides is 1. The van der Waals surface area contributed by atoms with Gasteiger partial charge in [-0.25, -0.2) is 13.8 Å². The van der Waals surface area contributed by atoms with Crippen molar-refractivity contribution in [1.82, 2.24) is 4.98 Å². The van der Waals surface area contributed by atoms with Gasteiger partial charge in [0.05, 0.1) is 11.4 Å². The molecule has 3 heterocycles. The molecule has 32 heavy (non-hydrogen) atoms. The van der Waals surface area contributed by atoms with Crippen molar-refractivity contribution in [3.05, 3.63) is 46.6 Å². The predicted octanol–water partition coefficient (Wildman–Crippen LogP) is 5.71. The second-order valence-corrected chi connectivity index (χ2v) is 10.3. The van der Waals surface area contributed by atoms with Crippen LogP contribution in [0.25, 0.3) is 0 Å². The zero-order chi connectivity index (χ0) is 22.3. The summed E-state index contributed by atoms with van der Waals surface area (Å²) < 4.78 is 28.0. The lowest BCUT2D eigenvalue weighted by Gasteiger charge is -2.35. The molecule has 5 rings (SSSR count). The first-order chi connectivity index (χ1) is 15.3. The van der Waals surface area contributed by atoms with Crippen molar-refractivity contribution in [2.24, 2.45) is 5.41 Å². The number of benzene rings is 1. The highest BCUT2D eigenvalue weighted by Crippen LogP contribution is 2.54. The average molecular weight is 505 g/mol. The lowest BCUT2D eigenvalue weighted by Crippen LogP contribution is -2.39. The molecule has 1 N–H and O–H groups in total. The van der Waals surface area contributed by atoms with E-state index in [0.717, 1.165) is 28.9 Å². The van der Waals surface area contributed by atoms with Gasteiger partial charge in [0.2, 0.25) is 0 Å². The molecule has 2 aromatic rings. The molecule has 3 aliphatic rings. The van der Waals surface area contributed by atoms with Crippen LogP contribution >= 0.6 is 15.9 Å². The first kappa shape index (κ1) is 21.6. The first-order valence-corrected chi connectivity index (χ1v) is 12.1. The van der Waals surface area contributed by atoms with Crippen molar-refractivity contribution < 1.29 is 13.6 Å². The maximum Gasteiger partial charge on any atom is 0.255 e. The summed E-state index contributed by atoms with van der Waals surface area (Å²) >= 11 is 3.56. The summed E-state index contributed by atoms with van der Waals surface area (Å²) in [5.74, 6) is -2.28. The molecule has 1 aliphatic carbocycles. The standard InChI is InChI=1S/C24H27BrF2N4O/c25-18-1-2-19(20(16-18)30-11-6-23(4-5-23)7-12-30)29-22(32)17-3-10-28-21(15-17)31-13-8-24(26,27)9-14-31/h1-3,10,15-16H,4-9,11-14H2,(H,29,32). The Kier molecular flexibility index (Phi) is 5.60. The molecule has 1 spiro atoms. The minimum absolute atomic E-state index is 0.190. The molecular weight excluding hydrogens is 478 g/mol. The summed E-state index contributed by atoms with van der Waals surface area (Å²) in [7, 11) is 0. The second-order valence-electron chi connectivity index (χ2n) is 9.35. The van der Waals surface area contributed by atoms with Gasteiger partial charge in [-0.1, -0.05) is 15.9 Å². The Morgan fingerprint density at radius 1 is 0.938 bits per heavy atom. The minimum Gasteiger partial charge on any atom is -0.370 e. The summed E-state index contributed by atoms with van der Waals surface area (Å²) in [6.07, 6.45) is 6.29. The van der Waals surface area contributed by atoms with Crippen LogP contribution in [0, 0.1) is 5.41 Å². The number of pyridine rings is 1. The number of piperidine rings is 2. The van der Waals surface area contributed by atoms with Gasteiger partial charge >= 0.3 is 0 Å². The third-order valence-electron chi connectivity index (χ3n) is 7.16. The van der Waals surface area contributed by atoms with Crippen molar-refractivity contribution in [1.29, 1.82) is 0 Å². The summed E-state index contributed by atoms with van der Waals surface area (Å²) in [6, 6.07) is 9.26. The Morgan fingerprint density at radius 3 is 2.31 bits per heavy atom. The van der Waals surface area contributed by atoms with E-state index in [2.05, 4.69) is 37.2 Å². The predicted molar refractivity (Wildman–Crippen MR) is 126 cm³/mol. The van der Waals surface area contributed by atoms with Crippen LogP contribution < -0.4 is 15.1 Å². The van der Waals surface area contributed by atoms with Gasteiger partial charge < -0.3 is 15.1 Å². The number of carbonyl (C=O) groups excluding carboxylic acids is 1. The quantitative estimate of drug-likeness (QED) is 0.578. The number of alkyl halides is 2. The SMILES string of the molecule is O=C(Nc1ccc(Br)cc1N1CCC2(CC1)CC2)c1ccnc(N2CCC(F)(F)CC2)c1. The molecule has 0 bridgehead atoms. The molecule has 1 saturated carbocycles. The number of aromatic nitrogens is 1. The number of rotatable bonds is 4. The van der Waals surface area contributed by atoms with Crippen molar-refractivity contribution in [3.63, 3.8) is 0 Å². The molecule has 8 heteroatoms. The Balaban J connectivity index is 1.31. The molecule has 5 nitrogen and oxygen atoms in total. The van der Waals surface area contributed by atoms with Crippen molar-refractivity contribution in [2.45, 2.75) is 44.4 Å². The molecule has 2 saturated heterocycles. The van der Waals surface area contributed by atoms with Gasteiger partial charge in [0, 0.05) is 55.3 Å². The van der Waals surface area contributed by atoms with Crippen LogP contribution in [0.15, 0.2) is 41.0 Å². The normalized spacial score (nSPS) is 21.5. The van der Waals surface area contributed by atoms with Crippen LogP contribution in [-0.2, 0) is 0 Å². The largest absolute Gasteiger partial charge is 0.370 e. The van der Waals surface area contributed by atoms with E-state index >= 15 is 0 Å². The average Bonchev–Trinajstić information content (AvgIpc) is 3.54. The highest BCUT2D eigenvalue weighted by Gasteiger charge is 2.44. The molecule has 1 aromatic carbocycles. The lowest BCUT2D eigenvalue weighted by molar-refractivity contribution is -0.0221. The van der Waals surface area contributed by atoms with Gasteiger partial charge in [-0.2, -0.15) is 0 Å². The highest BCUT2D eigenvalue weighted by atomic mass is 79.9. The molecule has 2 aliphatic heterocycles. The van der Waals surface area contributed by atoms with Gasteiger partial charge in [-0.15, -0.1) is 0 Å². The zero-order valence-electron chi connectivity index (χ0n) is 17.9. The van der Waals surface area contributed by atoms with Crippen LogP contribution in [0.1, 0.15) is 48.9 Å². The Morgan fingerprint density at radius 2 is 1.62 bits per heavy atom. The van der Waals surface area contributed by atoms with Gasteiger partial charge in [0.15, 0.2) is 0 Å². The van der Waals surface area contributed by atoms with Crippen molar-refractivity contribution >= 4 is 39.0 Å². The van der Waals surface area contributed by atoms with Gasteiger partial charge in [0.25, 0.3) is 11.8 Å². The van der Waals surface area contributed by atoms with E-state index in [9.17, 15) is 13.6 Å². The number of anilines is 3. The fourth-order valence-corrected chi connectivity index (χ4v) is 5.11. The second kappa shape index (κ2) is 8.28.